The lowest BCUT2D eigenvalue weighted by Crippen LogP contribution is -2.35. The largest absolute Gasteiger partial charge is 0.383 e. The molecule has 8 heteroatoms. The van der Waals surface area contributed by atoms with Crippen molar-refractivity contribution in [2.45, 2.75) is 45.2 Å². The minimum absolute atomic E-state index is 0.136. The van der Waals surface area contributed by atoms with Gasteiger partial charge in [0.15, 0.2) is 5.65 Å². The summed E-state index contributed by atoms with van der Waals surface area (Å²) in [6.45, 7) is 4.10. The Morgan fingerprint density at radius 1 is 1.43 bits per heavy atom. The van der Waals surface area contributed by atoms with E-state index in [1.807, 2.05) is 23.2 Å². The molecule has 0 saturated carbocycles. The number of aromatic amines is 1. The minimum atomic E-state index is 0.136. The lowest BCUT2D eigenvalue weighted by atomic mass is 10.1. The van der Waals surface area contributed by atoms with Crippen molar-refractivity contribution in [3.8, 4) is 0 Å². The van der Waals surface area contributed by atoms with E-state index < -0.39 is 0 Å². The summed E-state index contributed by atoms with van der Waals surface area (Å²) in [4.78, 5) is 23.8. The summed E-state index contributed by atoms with van der Waals surface area (Å²) in [5, 5.41) is 7.08. The molecule has 1 N–H and O–H groups in total. The monoisotopic (exact) mass is 382 g/mol. The van der Waals surface area contributed by atoms with E-state index in [4.69, 9.17) is 9.72 Å². The molecule has 0 aromatic carbocycles. The molecular formula is C20H26N6O2. The van der Waals surface area contributed by atoms with Gasteiger partial charge < -0.3 is 14.2 Å². The van der Waals surface area contributed by atoms with Gasteiger partial charge in [0.2, 0.25) is 5.91 Å². The number of ether oxygens (including phenoxy) is 1. The van der Waals surface area contributed by atoms with Gasteiger partial charge in [-0.3, -0.25) is 9.89 Å². The van der Waals surface area contributed by atoms with Crippen molar-refractivity contribution in [3.05, 3.63) is 41.6 Å². The van der Waals surface area contributed by atoms with Crippen LogP contribution in [0.4, 0.5) is 0 Å². The molecule has 0 saturated heterocycles. The van der Waals surface area contributed by atoms with E-state index in [0.717, 1.165) is 54.1 Å². The fourth-order valence-corrected chi connectivity index (χ4v) is 3.92. The summed E-state index contributed by atoms with van der Waals surface area (Å²) in [6, 6.07) is 4.01. The number of nitrogens with zero attached hydrogens (tertiary/aromatic N) is 5. The van der Waals surface area contributed by atoms with Crippen LogP contribution in [0.5, 0.6) is 0 Å². The Hall–Kier alpha value is -2.74. The number of carbonyl (C=O) groups excluding carboxylic acids is 1. The minimum Gasteiger partial charge on any atom is -0.383 e. The van der Waals surface area contributed by atoms with Crippen LogP contribution < -0.4 is 0 Å². The van der Waals surface area contributed by atoms with E-state index in [-0.39, 0.29) is 11.9 Å². The van der Waals surface area contributed by atoms with Crippen LogP contribution in [-0.2, 0) is 28.9 Å². The average molecular weight is 382 g/mol. The van der Waals surface area contributed by atoms with E-state index >= 15 is 0 Å². The molecule has 0 fully saturated rings. The molecule has 3 aromatic heterocycles. The van der Waals surface area contributed by atoms with Crippen LogP contribution >= 0.6 is 0 Å². The number of aryl methyl sites for hydroxylation is 1. The highest BCUT2D eigenvalue weighted by atomic mass is 16.5. The van der Waals surface area contributed by atoms with E-state index in [1.165, 1.54) is 0 Å². The quantitative estimate of drug-likeness (QED) is 0.677. The number of pyridine rings is 1. The summed E-state index contributed by atoms with van der Waals surface area (Å²) < 4.78 is 7.47. The molecule has 0 bridgehead atoms. The highest BCUT2D eigenvalue weighted by Gasteiger charge is 2.22. The molecule has 0 aliphatic carbocycles. The number of hydrogen-bond donors (Lipinski definition) is 1. The Morgan fingerprint density at radius 3 is 3.18 bits per heavy atom. The lowest BCUT2D eigenvalue weighted by molar-refractivity contribution is -0.132. The SMILES string of the molecule is COCC(C)n1c(CCCC(=O)N2CCc3[nH]ncc3C2)nc2cccnc21. The first-order valence-electron chi connectivity index (χ1n) is 9.77. The lowest BCUT2D eigenvalue weighted by Gasteiger charge is -2.26. The van der Waals surface area contributed by atoms with E-state index in [2.05, 4.69) is 26.7 Å². The molecule has 1 amide bonds. The van der Waals surface area contributed by atoms with Crippen LogP contribution in [-0.4, -0.2) is 55.8 Å². The van der Waals surface area contributed by atoms with Gasteiger partial charge in [-0.2, -0.15) is 5.10 Å². The number of hydrogen-bond acceptors (Lipinski definition) is 5. The Bertz CT molecular complexity index is 963. The number of H-pyrrole nitrogens is 1. The van der Waals surface area contributed by atoms with Gasteiger partial charge in [-0.15, -0.1) is 0 Å². The van der Waals surface area contributed by atoms with Gasteiger partial charge in [-0.1, -0.05) is 0 Å². The first kappa shape index (κ1) is 18.6. The maximum absolute atomic E-state index is 12.6. The van der Waals surface area contributed by atoms with Gasteiger partial charge in [-0.25, -0.2) is 9.97 Å². The number of rotatable bonds is 7. The van der Waals surface area contributed by atoms with Crippen LogP contribution in [0, 0.1) is 0 Å². The summed E-state index contributed by atoms with van der Waals surface area (Å²) >= 11 is 0. The van der Waals surface area contributed by atoms with Crippen LogP contribution in [0.1, 0.15) is 42.9 Å². The predicted molar refractivity (Wildman–Crippen MR) is 105 cm³/mol. The highest BCUT2D eigenvalue weighted by molar-refractivity contribution is 5.76. The van der Waals surface area contributed by atoms with Crippen LogP contribution in [0.15, 0.2) is 24.5 Å². The Kier molecular flexibility index (Phi) is 5.38. The highest BCUT2D eigenvalue weighted by Crippen LogP contribution is 2.22. The topological polar surface area (TPSA) is 88.9 Å². The van der Waals surface area contributed by atoms with Crippen molar-refractivity contribution in [1.29, 1.82) is 0 Å². The molecule has 3 aromatic rings. The third-order valence-electron chi connectivity index (χ3n) is 5.31. The zero-order chi connectivity index (χ0) is 19.5. The van der Waals surface area contributed by atoms with Crippen molar-refractivity contribution in [3.63, 3.8) is 0 Å². The van der Waals surface area contributed by atoms with Gasteiger partial charge in [-0.05, 0) is 25.5 Å². The Morgan fingerprint density at radius 2 is 2.32 bits per heavy atom. The second-order valence-corrected chi connectivity index (χ2v) is 7.34. The molecule has 0 spiro atoms. The van der Waals surface area contributed by atoms with Gasteiger partial charge in [0.1, 0.15) is 11.3 Å². The summed E-state index contributed by atoms with van der Waals surface area (Å²) in [6.07, 6.45) is 6.46. The van der Waals surface area contributed by atoms with Gasteiger partial charge >= 0.3 is 0 Å². The van der Waals surface area contributed by atoms with E-state index in [9.17, 15) is 4.79 Å². The molecule has 1 atom stereocenters. The summed E-state index contributed by atoms with van der Waals surface area (Å²) in [5.74, 6) is 1.15. The van der Waals surface area contributed by atoms with Crippen molar-refractivity contribution >= 4 is 17.1 Å². The zero-order valence-electron chi connectivity index (χ0n) is 16.4. The van der Waals surface area contributed by atoms with Gasteiger partial charge in [0.05, 0.1) is 18.8 Å². The number of methoxy groups -OCH3 is 1. The molecule has 1 aliphatic heterocycles. The number of aromatic nitrogens is 5. The molecule has 1 unspecified atom stereocenters. The van der Waals surface area contributed by atoms with Crippen molar-refractivity contribution in [1.82, 2.24) is 29.6 Å². The molecule has 148 valence electrons. The summed E-state index contributed by atoms with van der Waals surface area (Å²) in [5.41, 5.74) is 4.03. The Labute approximate surface area is 163 Å². The molecule has 4 rings (SSSR count). The molecular weight excluding hydrogens is 356 g/mol. The molecule has 0 radical (unpaired) electrons. The Balaban J connectivity index is 1.41. The first-order chi connectivity index (χ1) is 13.7. The van der Waals surface area contributed by atoms with Crippen molar-refractivity contribution in [2.24, 2.45) is 0 Å². The maximum atomic E-state index is 12.6. The standard InChI is InChI=1S/C20H26N6O2/c1-14(13-28-2)26-18(23-17-5-4-9-21-20(17)26)6-3-7-19(27)25-10-8-16-15(12-25)11-22-24-16/h4-5,9,11,14H,3,6-8,10,12-13H2,1-2H3,(H,22,24). The van der Waals surface area contributed by atoms with Gasteiger partial charge in [0.25, 0.3) is 0 Å². The number of carbonyl (C=O) groups is 1. The van der Waals surface area contributed by atoms with E-state index in [0.29, 0.717) is 19.6 Å². The number of amides is 1. The van der Waals surface area contributed by atoms with Gasteiger partial charge in [0, 0.05) is 56.9 Å². The average Bonchev–Trinajstić information content (AvgIpc) is 3.31. The number of fused-ring (bicyclic) bond motifs is 2. The van der Waals surface area contributed by atoms with Crippen LogP contribution in [0.2, 0.25) is 0 Å². The molecule has 4 heterocycles. The third kappa shape index (κ3) is 3.64. The third-order valence-corrected chi connectivity index (χ3v) is 5.31. The second-order valence-electron chi connectivity index (χ2n) is 7.34. The van der Waals surface area contributed by atoms with Crippen LogP contribution in [0.25, 0.3) is 11.2 Å². The van der Waals surface area contributed by atoms with Crippen LogP contribution in [0.3, 0.4) is 0 Å². The second kappa shape index (κ2) is 8.10. The number of nitrogens with one attached hydrogen (secondary N) is 1. The van der Waals surface area contributed by atoms with E-state index in [1.54, 1.807) is 13.3 Å². The fourth-order valence-electron chi connectivity index (χ4n) is 3.92. The zero-order valence-corrected chi connectivity index (χ0v) is 16.4. The number of imidazole rings is 1. The molecule has 1 aliphatic rings. The summed E-state index contributed by atoms with van der Waals surface area (Å²) in [7, 11) is 1.70. The van der Waals surface area contributed by atoms with Crippen molar-refractivity contribution in [2.75, 3.05) is 20.3 Å². The fraction of sp³-hybridized carbons (Fsp3) is 0.500. The molecule has 28 heavy (non-hydrogen) atoms. The van der Waals surface area contributed by atoms with Crippen molar-refractivity contribution < 1.29 is 9.53 Å². The maximum Gasteiger partial charge on any atom is 0.222 e. The predicted octanol–water partition coefficient (Wildman–Crippen LogP) is 2.27. The first-order valence-corrected chi connectivity index (χ1v) is 9.77. The molecule has 8 nitrogen and oxygen atoms in total. The smallest absolute Gasteiger partial charge is 0.222 e. The normalized spacial score (nSPS) is 15.0.